The molecule has 2 nitrogen and oxygen atoms in total. The van der Waals surface area contributed by atoms with Crippen molar-refractivity contribution in [2.24, 2.45) is 0 Å². The van der Waals surface area contributed by atoms with Crippen LogP contribution in [0.3, 0.4) is 0 Å². The summed E-state index contributed by atoms with van der Waals surface area (Å²) in [4.78, 5) is 0. The van der Waals surface area contributed by atoms with Crippen molar-refractivity contribution in [3.05, 3.63) is 29.3 Å². The molecule has 0 spiro atoms. The van der Waals surface area contributed by atoms with Crippen molar-refractivity contribution in [2.75, 3.05) is 6.61 Å². The van der Waals surface area contributed by atoms with Gasteiger partial charge in [-0.3, -0.25) is 0 Å². The molecule has 0 unspecified atom stereocenters. The van der Waals surface area contributed by atoms with Gasteiger partial charge in [0.15, 0.2) is 6.61 Å². The Hall–Kier alpha value is -1.91. The van der Waals surface area contributed by atoms with Gasteiger partial charge in [0.2, 0.25) is 0 Å². The summed E-state index contributed by atoms with van der Waals surface area (Å²) >= 11 is 0. The maximum absolute atomic E-state index is 12.3. The van der Waals surface area contributed by atoms with Gasteiger partial charge in [-0.1, -0.05) is 0 Å². The third kappa shape index (κ3) is 3.84. The van der Waals surface area contributed by atoms with Gasteiger partial charge < -0.3 is 4.74 Å². The van der Waals surface area contributed by atoms with Gasteiger partial charge in [0.1, 0.15) is 11.8 Å². The van der Waals surface area contributed by atoms with Crippen molar-refractivity contribution in [3.63, 3.8) is 0 Å². The Morgan fingerprint density at radius 1 is 1.11 bits per heavy atom. The number of halogens is 6. The van der Waals surface area contributed by atoms with Gasteiger partial charge in [-0.2, -0.15) is 31.6 Å². The molecule has 8 heteroatoms. The number of ether oxygens (including phenoxy) is 1. The first-order chi connectivity index (χ1) is 8.13. The summed E-state index contributed by atoms with van der Waals surface area (Å²) in [5.41, 5.74) is -1.73. The smallest absolute Gasteiger partial charge is 0.422 e. The molecule has 0 fully saturated rings. The minimum absolute atomic E-state index is 0.436. The molecule has 0 radical (unpaired) electrons. The maximum atomic E-state index is 12.3. The van der Waals surface area contributed by atoms with E-state index in [-0.39, 0.29) is 0 Å². The van der Waals surface area contributed by atoms with E-state index in [1.165, 1.54) is 6.07 Å². The highest BCUT2D eigenvalue weighted by Crippen LogP contribution is 2.32. The van der Waals surface area contributed by atoms with Crippen LogP contribution in [0.4, 0.5) is 26.3 Å². The van der Waals surface area contributed by atoms with Crippen LogP contribution in [-0.4, -0.2) is 12.8 Å². The van der Waals surface area contributed by atoms with Crippen molar-refractivity contribution < 1.29 is 31.1 Å². The second kappa shape index (κ2) is 4.76. The quantitative estimate of drug-likeness (QED) is 0.769. The molecular formula is C10H5F6NO. The van der Waals surface area contributed by atoms with Crippen molar-refractivity contribution >= 4 is 0 Å². The second-order valence-corrected chi connectivity index (χ2v) is 3.22. The van der Waals surface area contributed by atoms with Crippen LogP contribution in [0.5, 0.6) is 5.75 Å². The number of rotatable bonds is 2. The molecule has 0 saturated carbocycles. The van der Waals surface area contributed by atoms with Gasteiger partial charge >= 0.3 is 12.4 Å². The standard InChI is InChI=1S/C10H5F6NO/c11-9(12,13)5-18-8-2-1-7(10(14,15)16)3-6(8)4-17/h1-3H,5H2. The molecule has 1 aromatic carbocycles. The number of hydrogen-bond donors (Lipinski definition) is 0. The fourth-order valence-electron chi connectivity index (χ4n) is 1.08. The van der Waals surface area contributed by atoms with Crippen LogP contribution < -0.4 is 4.74 Å². The van der Waals surface area contributed by atoms with E-state index in [0.717, 1.165) is 0 Å². The summed E-state index contributed by atoms with van der Waals surface area (Å²) < 4.78 is 76.7. The average Bonchev–Trinajstić information content (AvgIpc) is 2.23. The van der Waals surface area contributed by atoms with E-state index in [1.54, 1.807) is 0 Å². The Morgan fingerprint density at radius 2 is 1.72 bits per heavy atom. The van der Waals surface area contributed by atoms with E-state index < -0.39 is 35.8 Å². The first-order valence-corrected chi connectivity index (χ1v) is 4.44. The molecule has 0 heterocycles. The van der Waals surface area contributed by atoms with Crippen molar-refractivity contribution in [1.82, 2.24) is 0 Å². The number of hydrogen-bond acceptors (Lipinski definition) is 2. The third-order valence-electron chi connectivity index (χ3n) is 1.82. The molecule has 0 atom stereocenters. The predicted octanol–water partition coefficient (Wildman–Crippen LogP) is 3.52. The van der Waals surface area contributed by atoms with Crippen LogP contribution in [0, 0.1) is 11.3 Å². The fourth-order valence-corrected chi connectivity index (χ4v) is 1.08. The Kier molecular flexibility index (Phi) is 3.74. The summed E-state index contributed by atoms with van der Waals surface area (Å²) in [6, 6.07) is 3.02. The highest BCUT2D eigenvalue weighted by Gasteiger charge is 2.32. The average molecular weight is 269 g/mol. The molecule has 98 valence electrons. The molecule has 1 rings (SSSR count). The lowest BCUT2D eigenvalue weighted by molar-refractivity contribution is -0.153. The zero-order valence-corrected chi connectivity index (χ0v) is 8.56. The Labute approximate surface area is 97.4 Å². The van der Waals surface area contributed by atoms with E-state index in [9.17, 15) is 26.3 Å². The molecule has 1 aromatic rings. The molecule has 0 aliphatic heterocycles. The van der Waals surface area contributed by atoms with Gasteiger partial charge in [0.25, 0.3) is 0 Å². The number of alkyl halides is 6. The van der Waals surface area contributed by atoms with Crippen LogP contribution in [-0.2, 0) is 6.18 Å². The lowest BCUT2D eigenvalue weighted by atomic mass is 10.1. The van der Waals surface area contributed by atoms with E-state index in [0.29, 0.717) is 18.2 Å². The maximum Gasteiger partial charge on any atom is 0.422 e. The zero-order valence-electron chi connectivity index (χ0n) is 8.56. The molecule has 0 aromatic heterocycles. The molecule has 18 heavy (non-hydrogen) atoms. The summed E-state index contributed by atoms with van der Waals surface area (Å²) in [7, 11) is 0. The SMILES string of the molecule is N#Cc1cc(C(F)(F)F)ccc1OCC(F)(F)F. The monoisotopic (exact) mass is 269 g/mol. The minimum atomic E-state index is -4.67. The van der Waals surface area contributed by atoms with Crippen molar-refractivity contribution in [2.45, 2.75) is 12.4 Å². The summed E-state index contributed by atoms with van der Waals surface area (Å²) in [5, 5.41) is 8.56. The summed E-state index contributed by atoms with van der Waals surface area (Å²) in [5.74, 6) is -0.539. The summed E-state index contributed by atoms with van der Waals surface area (Å²) in [6.07, 6.45) is -9.30. The predicted molar refractivity (Wildman–Crippen MR) is 47.7 cm³/mol. The van der Waals surface area contributed by atoms with Crippen molar-refractivity contribution in [1.29, 1.82) is 5.26 Å². The zero-order chi connectivity index (χ0) is 14.0. The number of nitrogens with zero attached hydrogens (tertiary/aromatic N) is 1. The number of benzene rings is 1. The van der Waals surface area contributed by atoms with Crippen molar-refractivity contribution in [3.8, 4) is 11.8 Å². The highest BCUT2D eigenvalue weighted by molar-refractivity contribution is 5.46. The van der Waals surface area contributed by atoms with Crippen LogP contribution in [0.2, 0.25) is 0 Å². The largest absolute Gasteiger partial charge is 0.483 e. The molecule has 0 saturated heterocycles. The van der Waals surface area contributed by atoms with Crippen LogP contribution in [0.15, 0.2) is 18.2 Å². The number of nitriles is 1. The molecule has 0 N–H and O–H groups in total. The van der Waals surface area contributed by atoms with Gasteiger partial charge in [0.05, 0.1) is 11.1 Å². The third-order valence-corrected chi connectivity index (χ3v) is 1.82. The topological polar surface area (TPSA) is 33.0 Å². The van der Waals surface area contributed by atoms with Crippen LogP contribution in [0.1, 0.15) is 11.1 Å². The van der Waals surface area contributed by atoms with Gasteiger partial charge in [-0.05, 0) is 18.2 Å². The normalized spacial score (nSPS) is 12.1. The lowest BCUT2D eigenvalue weighted by Gasteiger charge is -2.12. The second-order valence-electron chi connectivity index (χ2n) is 3.22. The van der Waals surface area contributed by atoms with E-state index in [2.05, 4.69) is 4.74 Å². The fraction of sp³-hybridized carbons (Fsp3) is 0.300. The van der Waals surface area contributed by atoms with E-state index in [1.807, 2.05) is 0 Å². The summed E-state index contributed by atoms with van der Waals surface area (Å²) in [6.45, 7) is -1.67. The van der Waals surface area contributed by atoms with Gasteiger partial charge in [0, 0.05) is 0 Å². The lowest BCUT2D eigenvalue weighted by Crippen LogP contribution is -2.19. The molecule has 0 amide bonds. The van der Waals surface area contributed by atoms with Crippen LogP contribution in [0.25, 0.3) is 0 Å². The first-order valence-electron chi connectivity index (χ1n) is 4.44. The molecule has 0 bridgehead atoms. The highest BCUT2D eigenvalue weighted by atomic mass is 19.4. The first kappa shape index (κ1) is 14.2. The molecule has 0 aliphatic carbocycles. The Morgan fingerprint density at radius 3 is 2.17 bits per heavy atom. The Bertz CT molecular complexity index is 471. The molecular weight excluding hydrogens is 264 g/mol. The van der Waals surface area contributed by atoms with E-state index >= 15 is 0 Å². The van der Waals surface area contributed by atoms with Gasteiger partial charge in [-0.15, -0.1) is 0 Å². The van der Waals surface area contributed by atoms with Crippen LogP contribution >= 0.6 is 0 Å². The Balaban J connectivity index is 2.99. The molecule has 0 aliphatic rings. The van der Waals surface area contributed by atoms with E-state index in [4.69, 9.17) is 5.26 Å². The minimum Gasteiger partial charge on any atom is -0.483 e. The van der Waals surface area contributed by atoms with Gasteiger partial charge in [-0.25, -0.2) is 0 Å².